The molecule has 0 aliphatic heterocycles. The highest BCUT2D eigenvalue weighted by Gasteiger charge is 2.31. The van der Waals surface area contributed by atoms with Crippen LogP contribution in [-0.2, 0) is 6.18 Å². The number of carbonyl (C=O) groups excluding carboxylic acids is 1. The second kappa shape index (κ2) is 9.50. The predicted molar refractivity (Wildman–Crippen MR) is 112 cm³/mol. The third-order valence-corrected chi connectivity index (χ3v) is 5.16. The van der Waals surface area contributed by atoms with Crippen LogP contribution in [0.3, 0.4) is 0 Å². The summed E-state index contributed by atoms with van der Waals surface area (Å²) in [5, 5.41) is 0. The van der Waals surface area contributed by atoms with Crippen molar-refractivity contribution in [3.05, 3.63) is 69.7 Å². The Bertz CT molecular complexity index is 1160. The molecule has 1 atom stereocenters. The van der Waals surface area contributed by atoms with Crippen LogP contribution in [-0.4, -0.2) is 10.9 Å². The van der Waals surface area contributed by atoms with Crippen LogP contribution in [0.15, 0.2) is 45.5 Å². The minimum Gasteiger partial charge on any atom is -0.478 e. The van der Waals surface area contributed by atoms with Crippen molar-refractivity contribution in [3.63, 3.8) is 0 Å². The summed E-state index contributed by atoms with van der Waals surface area (Å²) in [6, 6.07) is 6.18. The lowest BCUT2D eigenvalue weighted by Crippen LogP contribution is -2.18. The summed E-state index contributed by atoms with van der Waals surface area (Å²) in [5.74, 6) is -4.08. The van der Waals surface area contributed by atoms with Gasteiger partial charge in [0.2, 0.25) is 5.89 Å². The number of oxazole rings is 1. The summed E-state index contributed by atoms with van der Waals surface area (Å²) in [6.07, 6.45) is -5.14. The molecule has 3 aromatic rings. The Labute approximate surface area is 193 Å². The monoisotopic (exact) mass is 532 g/mol. The summed E-state index contributed by atoms with van der Waals surface area (Å²) >= 11 is 3.19. The highest BCUT2D eigenvalue weighted by Crippen LogP contribution is 2.37. The van der Waals surface area contributed by atoms with Crippen molar-refractivity contribution in [1.29, 1.82) is 0 Å². The van der Waals surface area contributed by atoms with Gasteiger partial charge in [-0.05, 0) is 52.5 Å². The third kappa shape index (κ3) is 5.52. The van der Waals surface area contributed by atoms with Crippen LogP contribution >= 0.6 is 15.9 Å². The van der Waals surface area contributed by atoms with Gasteiger partial charge in [-0.1, -0.05) is 26.0 Å². The zero-order valence-electron chi connectivity index (χ0n) is 17.3. The van der Waals surface area contributed by atoms with E-state index in [2.05, 4.69) is 20.9 Å². The molecular formula is C22H18BrF5N2O3. The van der Waals surface area contributed by atoms with Gasteiger partial charge in [-0.25, -0.2) is 13.8 Å². The molecular weight excluding hydrogens is 515 g/mol. The molecule has 0 saturated carbocycles. The van der Waals surface area contributed by atoms with Crippen molar-refractivity contribution in [2.75, 3.05) is 0 Å². The van der Waals surface area contributed by atoms with E-state index in [4.69, 9.17) is 14.9 Å². The van der Waals surface area contributed by atoms with Crippen LogP contribution in [0.4, 0.5) is 22.0 Å². The molecule has 1 amide bonds. The standard InChI is InChI=1S/C22H18BrF5N2O3/c1-10(2)9-15(32-14-8-7-13(24)16(17(14)25)20(29)31)21-30-18(19(23)33-21)11-3-5-12(6-4-11)22(26,27)28/h3-8,10,15H,9H2,1-2H3,(H2,29,31). The van der Waals surface area contributed by atoms with Gasteiger partial charge in [-0.3, -0.25) is 4.79 Å². The Hall–Kier alpha value is -2.95. The predicted octanol–water partition coefficient (Wildman–Crippen LogP) is 6.67. The van der Waals surface area contributed by atoms with Gasteiger partial charge in [0.15, 0.2) is 22.3 Å². The number of nitrogens with zero attached hydrogens (tertiary/aromatic N) is 1. The van der Waals surface area contributed by atoms with Crippen LogP contribution < -0.4 is 10.5 Å². The molecule has 0 radical (unpaired) electrons. The molecule has 1 unspecified atom stereocenters. The molecule has 5 nitrogen and oxygen atoms in total. The largest absolute Gasteiger partial charge is 0.478 e. The minimum absolute atomic E-state index is 0.00910. The first-order valence-electron chi connectivity index (χ1n) is 9.66. The molecule has 1 heterocycles. The maximum absolute atomic E-state index is 14.7. The number of aromatic nitrogens is 1. The first-order chi connectivity index (χ1) is 15.4. The fraction of sp³-hybridized carbons (Fsp3) is 0.273. The summed E-state index contributed by atoms with van der Waals surface area (Å²) in [5.41, 5.74) is 3.86. The number of benzene rings is 2. The molecule has 0 spiro atoms. The maximum Gasteiger partial charge on any atom is 0.416 e. The molecule has 33 heavy (non-hydrogen) atoms. The van der Waals surface area contributed by atoms with Crippen molar-refractivity contribution in [1.82, 2.24) is 4.98 Å². The summed E-state index contributed by atoms with van der Waals surface area (Å²) in [4.78, 5) is 15.7. The highest BCUT2D eigenvalue weighted by atomic mass is 79.9. The Morgan fingerprint density at radius 3 is 2.33 bits per heavy atom. The summed E-state index contributed by atoms with van der Waals surface area (Å²) in [6.45, 7) is 3.72. The average Bonchev–Trinajstić information content (AvgIpc) is 3.10. The lowest BCUT2D eigenvalue weighted by atomic mass is 10.1. The first kappa shape index (κ1) is 24.7. The smallest absolute Gasteiger partial charge is 0.416 e. The van der Waals surface area contributed by atoms with Crippen molar-refractivity contribution >= 4 is 21.8 Å². The van der Waals surface area contributed by atoms with Gasteiger partial charge in [0.1, 0.15) is 17.1 Å². The number of ether oxygens (including phenoxy) is 1. The third-order valence-electron chi connectivity index (χ3n) is 4.62. The van der Waals surface area contributed by atoms with E-state index >= 15 is 0 Å². The second-order valence-corrected chi connectivity index (χ2v) is 8.30. The van der Waals surface area contributed by atoms with E-state index in [0.717, 1.165) is 24.3 Å². The van der Waals surface area contributed by atoms with Crippen LogP contribution in [0.2, 0.25) is 0 Å². The highest BCUT2D eigenvalue weighted by molar-refractivity contribution is 9.10. The van der Waals surface area contributed by atoms with Crippen LogP contribution in [0, 0.1) is 17.6 Å². The van der Waals surface area contributed by atoms with Gasteiger partial charge < -0.3 is 14.9 Å². The number of alkyl halides is 3. The maximum atomic E-state index is 14.7. The van der Waals surface area contributed by atoms with E-state index in [1.807, 2.05) is 13.8 Å². The molecule has 0 aliphatic carbocycles. The van der Waals surface area contributed by atoms with Crippen molar-refractivity contribution in [2.24, 2.45) is 11.7 Å². The van der Waals surface area contributed by atoms with Crippen LogP contribution in [0.1, 0.15) is 48.2 Å². The minimum atomic E-state index is -4.48. The first-order valence-corrected chi connectivity index (χ1v) is 10.5. The van der Waals surface area contributed by atoms with E-state index < -0.39 is 46.7 Å². The SMILES string of the molecule is CC(C)CC(Oc1ccc(F)c(C(N)=O)c1F)c1nc(-c2ccc(C(F)(F)F)cc2)c(Br)o1. The molecule has 2 aromatic carbocycles. The number of nitrogens with two attached hydrogens (primary N) is 1. The lowest BCUT2D eigenvalue weighted by molar-refractivity contribution is -0.137. The van der Waals surface area contributed by atoms with Gasteiger partial charge in [0.25, 0.3) is 5.91 Å². The fourth-order valence-electron chi connectivity index (χ4n) is 3.08. The second-order valence-electron chi connectivity index (χ2n) is 7.58. The van der Waals surface area contributed by atoms with E-state index in [0.29, 0.717) is 12.0 Å². The van der Waals surface area contributed by atoms with E-state index in [1.165, 1.54) is 12.1 Å². The topological polar surface area (TPSA) is 78.4 Å². The van der Waals surface area contributed by atoms with Crippen molar-refractivity contribution in [2.45, 2.75) is 32.5 Å². The number of halogens is 6. The Balaban J connectivity index is 1.97. The Morgan fingerprint density at radius 2 is 1.79 bits per heavy atom. The molecule has 0 bridgehead atoms. The van der Waals surface area contributed by atoms with Gasteiger partial charge in [-0.15, -0.1) is 0 Å². The summed E-state index contributed by atoms with van der Waals surface area (Å²) in [7, 11) is 0. The lowest BCUT2D eigenvalue weighted by Gasteiger charge is -2.19. The summed E-state index contributed by atoms with van der Waals surface area (Å²) < 4.78 is 78.4. The molecule has 11 heteroatoms. The quantitative estimate of drug-likeness (QED) is 0.345. The molecule has 2 N–H and O–H groups in total. The molecule has 0 fully saturated rings. The fourth-order valence-corrected chi connectivity index (χ4v) is 3.56. The number of hydrogen-bond acceptors (Lipinski definition) is 4. The number of amides is 1. The van der Waals surface area contributed by atoms with Crippen molar-refractivity contribution < 1.29 is 35.9 Å². The molecule has 0 aliphatic rings. The van der Waals surface area contributed by atoms with Crippen LogP contribution in [0.5, 0.6) is 5.75 Å². The number of primary amides is 1. The Kier molecular flexibility index (Phi) is 7.11. The number of carbonyl (C=O) groups is 1. The van der Waals surface area contributed by atoms with Gasteiger partial charge in [0, 0.05) is 5.56 Å². The van der Waals surface area contributed by atoms with E-state index in [1.54, 1.807) is 0 Å². The number of rotatable bonds is 7. The van der Waals surface area contributed by atoms with E-state index in [9.17, 15) is 26.7 Å². The van der Waals surface area contributed by atoms with Gasteiger partial charge in [-0.2, -0.15) is 13.2 Å². The molecule has 0 saturated heterocycles. The van der Waals surface area contributed by atoms with Gasteiger partial charge >= 0.3 is 6.18 Å². The zero-order valence-corrected chi connectivity index (χ0v) is 18.9. The van der Waals surface area contributed by atoms with Crippen molar-refractivity contribution in [3.8, 4) is 17.0 Å². The van der Waals surface area contributed by atoms with E-state index in [-0.39, 0.29) is 22.2 Å². The van der Waals surface area contributed by atoms with Crippen LogP contribution in [0.25, 0.3) is 11.3 Å². The average molecular weight is 533 g/mol. The normalized spacial score (nSPS) is 12.8. The molecule has 176 valence electrons. The van der Waals surface area contributed by atoms with Gasteiger partial charge in [0.05, 0.1) is 5.56 Å². The zero-order chi connectivity index (χ0) is 24.5. The molecule has 3 rings (SSSR count). The number of hydrogen-bond donors (Lipinski definition) is 1. The Morgan fingerprint density at radius 1 is 1.15 bits per heavy atom. The molecule has 1 aromatic heterocycles.